The number of rotatable bonds is 4. The minimum Gasteiger partial charge on any atom is -0.365 e. The first-order valence-corrected chi connectivity index (χ1v) is 7.34. The minimum atomic E-state index is -0.788. The van der Waals surface area contributed by atoms with Gasteiger partial charge in [-0.2, -0.15) is 0 Å². The molecule has 0 saturated heterocycles. The van der Waals surface area contributed by atoms with E-state index in [2.05, 4.69) is 10.5 Å². The van der Waals surface area contributed by atoms with E-state index in [9.17, 15) is 14.0 Å². The maximum atomic E-state index is 13.2. The van der Waals surface area contributed by atoms with E-state index in [0.29, 0.717) is 4.88 Å². The van der Waals surface area contributed by atoms with E-state index < -0.39 is 17.6 Å². The molecule has 0 aliphatic carbocycles. The molecule has 0 unspecified atom stereocenters. The van der Waals surface area contributed by atoms with Gasteiger partial charge in [-0.25, -0.2) is 4.39 Å². The van der Waals surface area contributed by atoms with Crippen LogP contribution in [-0.2, 0) is 0 Å². The van der Waals surface area contributed by atoms with Gasteiger partial charge in [0.15, 0.2) is 0 Å². The Labute approximate surface area is 133 Å². The fraction of sp³-hybridized carbons (Fsp3) is 0. The molecule has 0 fully saturated rings. The highest BCUT2D eigenvalue weighted by Crippen LogP contribution is 2.31. The van der Waals surface area contributed by atoms with Crippen LogP contribution in [0.25, 0.3) is 10.6 Å². The Morgan fingerprint density at radius 1 is 1.26 bits per heavy atom. The fourth-order valence-corrected chi connectivity index (χ4v) is 2.70. The van der Waals surface area contributed by atoms with Crippen LogP contribution in [0, 0.1) is 5.82 Å². The zero-order valence-corrected chi connectivity index (χ0v) is 12.4. The van der Waals surface area contributed by atoms with Gasteiger partial charge in [-0.3, -0.25) is 14.9 Å². The summed E-state index contributed by atoms with van der Waals surface area (Å²) in [7, 11) is 0. The first kappa shape index (κ1) is 14.9. The Morgan fingerprint density at radius 3 is 2.74 bits per heavy atom. The molecular weight excluding hydrogens is 321 g/mol. The normalized spacial score (nSPS) is 10.5. The standard InChI is InChI=1S/C15H10FN3O3S/c16-9-4-1-3-8(7-9)14(21)18-15-11(13(17)20)12(19-22-15)10-5-2-6-23-10/h1-7H,(H2,17,20)(H,18,21). The van der Waals surface area contributed by atoms with Crippen molar-refractivity contribution < 1.29 is 18.5 Å². The number of hydrogen-bond acceptors (Lipinski definition) is 5. The van der Waals surface area contributed by atoms with Crippen molar-refractivity contribution in [2.24, 2.45) is 5.73 Å². The van der Waals surface area contributed by atoms with Gasteiger partial charge < -0.3 is 10.3 Å². The molecule has 0 radical (unpaired) electrons. The predicted octanol–water partition coefficient (Wildman–Crippen LogP) is 2.89. The molecule has 1 aromatic carbocycles. The molecule has 0 aliphatic rings. The largest absolute Gasteiger partial charge is 0.365 e. The number of nitrogens with two attached hydrogens (primary N) is 1. The summed E-state index contributed by atoms with van der Waals surface area (Å²) in [6.07, 6.45) is 0. The smallest absolute Gasteiger partial charge is 0.258 e. The average Bonchev–Trinajstić information content (AvgIpc) is 3.15. The number of thiophene rings is 1. The van der Waals surface area contributed by atoms with Crippen LogP contribution in [0.2, 0.25) is 0 Å². The highest BCUT2D eigenvalue weighted by Gasteiger charge is 2.24. The van der Waals surface area contributed by atoms with Crippen molar-refractivity contribution in [3.05, 3.63) is 58.7 Å². The summed E-state index contributed by atoms with van der Waals surface area (Å²) in [5.41, 5.74) is 5.66. The van der Waals surface area contributed by atoms with Crippen molar-refractivity contribution in [3.8, 4) is 10.6 Å². The van der Waals surface area contributed by atoms with Crippen LogP contribution in [0.15, 0.2) is 46.3 Å². The number of benzene rings is 1. The second-order valence-electron chi connectivity index (χ2n) is 4.54. The Balaban J connectivity index is 1.94. The van der Waals surface area contributed by atoms with E-state index in [-0.39, 0.29) is 22.7 Å². The van der Waals surface area contributed by atoms with Gasteiger partial charge in [0.2, 0.25) is 5.88 Å². The summed E-state index contributed by atoms with van der Waals surface area (Å²) in [5, 5.41) is 7.98. The maximum Gasteiger partial charge on any atom is 0.258 e. The van der Waals surface area contributed by atoms with Crippen molar-refractivity contribution in [1.82, 2.24) is 5.16 Å². The molecule has 0 atom stereocenters. The van der Waals surface area contributed by atoms with Gasteiger partial charge in [0, 0.05) is 5.56 Å². The number of hydrogen-bond donors (Lipinski definition) is 2. The Morgan fingerprint density at radius 2 is 2.09 bits per heavy atom. The van der Waals surface area contributed by atoms with Crippen molar-refractivity contribution in [1.29, 1.82) is 0 Å². The van der Waals surface area contributed by atoms with Crippen molar-refractivity contribution in [3.63, 3.8) is 0 Å². The van der Waals surface area contributed by atoms with E-state index in [1.165, 1.54) is 29.5 Å². The number of carbonyl (C=O) groups excluding carboxylic acids is 2. The second-order valence-corrected chi connectivity index (χ2v) is 5.49. The molecule has 2 heterocycles. The van der Waals surface area contributed by atoms with Crippen LogP contribution in [0.4, 0.5) is 10.3 Å². The third kappa shape index (κ3) is 2.97. The van der Waals surface area contributed by atoms with Crippen molar-refractivity contribution >= 4 is 29.0 Å². The molecule has 6 nitrogen and oxygen atoms in total. The van der Waals surface area contributed by atoms with Gasteiger partial charge in [-0.15, -0.1) is 11.3 Å². The van der Waals surface area contributed by atoms with E-state index in [0.717, 1.165) is 6.07 Å². The number of halogens is 1. The number of amides is 2. The quantitative estimate of drug-likeness (QED) is 0.768. The maximum absolute atomic E-state index is 13.2. The first-order chi connectivity index (χ1) is 11.1. The molecule has 23 heavy (non-hydrogen) atoms. The molecule has 0 saturated carbocycles. The molecule has 2 aromatic heterocycles. The first-order valence-electron chi connectivity index (χ1n) is 6.46. The fourth-order valence-electron chi connectivity index (χ4n) is 1.99. The SMILES string of the molecule is NC(=O)c1c(-c2cccs2)noc1NC(=O)c1cccc(F)c1. The van der Waals surface area contributed by atoms with E-state index >= 15 is 0 Å². The minimum absolute atomic E-state index is 0.0304. The lowest BCUT2D eigenvalue weighted by molar-refractivity contribution is 0.100. The van der Waals surface area contributed by atoms with Crippen LogP contribution in [0.5, 0.6) is 0 Å². The molecule has 0 spiro atoms. The number of primary amides is 1. The predicted molar refractivity (Wildman–Crippen MR) is 82.7 cm³/mol. The van der Waals surface area contributed by atoms with Gasteiger partial charge >= 0.3 is 0 Å². The summed E-state index contributed by atoms with van der Waals surface area (Å²) < 4.78 is 18.2. The molecular formula is C15H10FN3O3S. The van der Waals surface area contributed by atoms with E-state index in [1.54, 1.807) is 17.5 Å². The van der Waals surface area contributed by atoms with Gasteiger partial charge in [0.05, 0.1) is 4.88 Å². The van der Waals surface area contributed by atoms with Crippen LogP contribution in [0.1, 0.15) is 20.7 Å². The lowest BCUT2D eigenvalue weighted by Gasteiger charge is -2.03. The van der Waals surface area contributed by atoms with E-state index in [4.69, 9.17) is 10.3 Å². The van der Waals surface area contributed by atoms with Crippen molar-refractivity contribution in [2.45, 2.75) is 0 Å². The van der Waals surface area contributed by atoms with Gasteiger partial charge in [0.1, 0.15) is 17.1 Å². The molecule has 3 rings (SSSR count). The highest BCUT2D eigenvalue weighted by atomic mass is 32.1. The van der Waals surface area contributed by atoms with Crippen LogP contribution >= 0.6 is 11.3 Å². The van der Waals surface area contributed by atoms with Crippen LogP contribution < -0.4 is 11.1 Å². The molecule has 116 valence electrons. The zero-order chi connectivity index (χ0) is 16.4. The Bertz CT molecular complexity index is 874. The van der Waals surface area contributed by atoms with Gasteiger partial charge in [-0.1, -0.05) is 17.3 Å². The van der Waals surface area contributed by atoms with Gasteiger partial charge in [-0.05, 0) is 29.6 Å². The Hall–Kier alpha value is -3.00. The molecule has 2 amide bonds. The number of carbonyl (C=O) groups is 2. The second kappa shape index (κ2) is 6.01. The number of anilines is 1. The summed E-state index contributed by atoms with van der Waals surface area (Å²) in [5.74, 6) is -2.15. The van der Waals surface area contributed by atoms with Crippen LogP contribution in [-0.4, -0.2) is 17.0 Å². The number of nitrogens with one attached hydrogen (secondary N) is 1. The summed E-state index contributed by atoms with van der Waals surface area (Å²) in [4.78, 5) is 24.5. The van der Waals surface area contributed by atoms with E-state index in [1.807, 2.05) is 0 Å². The summed E-state index contributed by atoms with van der Waals surface area (Å²) in [6.45, 7) is 0. The van der Waals surface area contributed by atoms with Gasteiger partial charge in [0.25, 0.3) is 11.8 Å². The molecule has 3 aromatic rings. The third-order valence-electron chi connectivity index (χ3n) is 3.01. The number of aromatic nitrogens is 1. The Kier molecular flexibility index (Phi) is 3.90. The average molecular weight is 331 g/mol. The lowest BCUT2D eigenvalue weighted by Crippen LogP contribution is -2.17. The third-order valence-corrected chi connectivity index (χ3v) is 3.88. The molecule has 3 N–H and O–H groups in total. The zero-order valence-electron chi connectivity index (χ0n) is 11.6. The van der Waals surface area contributed by atoms with Crippen molar-refractivity contribution in [2.75, 3.05) is 5.32 Å². The highest BCUT2D eigenvalue weighted by molar-refractivity contribution is 7.13. The van der Waals surface area contributed by atoms with Crippen LogP contribution in [0.3, 0.4) is 0 Å². The summed E-state index contributed by atoms with van der Waals surface area (Å²) >= 11 is 1.35. The number of nitrogens with zero attached hydrogens (tertiary/aromatic N) is 1. The lowest BCUT2D eigenvalue weighted by atomic mass is 10.1. The molecule has 8 heteroatoms. The summed E-state index contributed by atoms with van der Waals surface area (Å²) in [6, 6.07) is 8.64. The monoisotopic (exact) mass is 331 g/mol. The molecule has 0 aliphatic heterocycles. The molecule has 0 bridgehead atoms. The topological polar surface area (TPSA) is 98.2 Å².